The van der Waals surface area contributed by atoms with E-state index in [1.807, 2.05) is 0 Å². The van der Waals surface area contributed by atoms with Crippen LogP contribution in [-0.4, -0.2) is 41.8 Å². The molecule has 19 heavy (non-hydrogen) atoms. The highest BCUT2D eigenvalue weighted by Crippen LogP contribution is 2.15. The largest absolute Gasteiger partial charge is 0.494 e. The van der Waals surface area contributed by atoms with Crippen molar-refractivity contribution in [1.29, 1.82) is 0 Å². The summed E-state index contributed by atoms with van der Waals surface area (Å²) in [6, 6.07) is 6.27. The zero-order valence-corrected chi connectivity index (χ0v) is 11.8. The number of methoxy groups -OCH3 is 1. The molecule has 0 unspecified atom stereocenters. The molecule has 0 aliphatic carbocycles. The summed E-state index contributed by atoms with van der Waals surface area (Å²) in [7, 11) is -1.96. The quantitative estimate of drug-likeness (QED) is 0.639. The lowest BCUT2D eigenvalue weighted by atomic mass is 10.3. The minimum absolute atomic E-state index is 0.203. The molecule has 0 heterocycles. The predicted octanol–water partition coefficient (Wildman–Crippen LogP) is 0.339. The van der Waals surface area contributed by atoms with E-state index in [2.05, 4.69) is 4.72 Å². The van der Waals surface area contributed by atoms with Crippen molar-refractivity contribution in [1.82, 2.24) is 4.72 Å². The fraction of sp³-hybridized carbons (Fsp3) is 0.500. The van der Waals surface area contributed by atoms with E-state index in [0.717, 1.165) is 6.42 Å². The Bertz CT molecular complexity index is 459. The molecule has 0 aromatic heterocycles. The van der Waals surface area contributed by atoms with Gasteiger partial charge in [0.2, 0.25) is 10.0 Å². The van der Waals surface area contributed by atoms with Gasteiger partial charge in [-0.2, -0.15) is 0 Å². The topological polar surface area (TPSA) is 90.6 Å². The normalized spacial score (nSPS) is 11.5. The van der Waals surface area contributed by atoms with Crippen LogP contribution < -0.4 is 15.2 Å². The number of sulfonamides is 1. The number of nitrogens with two attached hydrogens (primary N) is 1. The van der Waals surface area contributed by atoms with E-state index in [0.29, 0.717) is 25.5 Å². The number of benzene rings is 1. The van der Waals surface area contributed by atoms with E-state index < -0.39 is 10.0 Å². The van der Waals surface area contributed by atoms with Gasteiger partial charge in [-0.3, -0.25) is 0 Å². The van der Waals surface area contributed by atoms with Gasteiger partial charge >= 0.3 is 0 Å². The summed E-state index contributed by atoms with van der Waals surface area (Å²) in [6.45, 7) is 1.66. The van der Waals surface area contributed by atoms with Gasteiger partial charge in [-0.1, -0.05) is 0 Å². The van der Waals surface area contributed by atoms with E-state index >= 15 is 0 Å². The van der Waals surface area contributed by atoms with Gasteiger partial charge in [0.1, 0.15) is 5.75 Å². The third kappa shape index (κ3) is 5.56. The van der Waals surface area contributed by atoms with Crippen molar-refractivity contribution in [2.24, 2.45) is 5.73 Å². The van der Waals surface area contributed by atoms with Gasteiger partial charge in [0.05, 0.1) is 18.1 Å². The highest BCUT2D eigenvalue weighted by atomic mass is 32.2. The molecule has 3 N–H and O–H groups in total. The van der Waals surface area contributed by atoms with Crippen LogP contribution in [0, 0.1) is 0 Å². The lowest BCUT2D eigenvalue weighted by molar-refractivity contribution is 0.204. The first-order valence-corrected chi connectivity index (χ1v) is 7.50. The van der Waals surface area contributed by atoms with Crippen molar-refractivity contribution in [2.75, 3.05) is 33.4 Å². The zero-order chi connectivity index (χ0) is 14.1. The van der Waals surface area contributed by atoms with Gasteiger partial charge in [0, 0.05) is 13.7 Å². The van der Waals surface area contributed by atoms with E-state index in [1.54, 1.807) is 12.1 Å². The first-order valence-electron chi connectivity index (χ1n) is 6.01. The van der Waals surface area contributed by atoms with Crippen molar-refractivity contribution < 1.29 is 17.9 Å². The average molecular weight is 288 g/mol. The first kappa shape index (κ1) is 15.9. The monoisotopic (exact) mass is 288 g/mol. The second kappa shape index (κ2) is 8.11. The number of hydrogen-bond donors (Lipinski definition) is 2. The Kier molecular flexibility index (Phi) is 6.79. The molecule has 0 saturated heterocycles. The highest BCUT2D eigenvalue weighted by Gasteiger charge is 2.12. The molecule has 0 bridgehead atoms. The van der Waals surface area contributed by atoms with Crippen molar-refractivity contribution in [2.45, 2.75) is 11.3 Å². The van der Waals surface area contributed by atoms with Crippen molar-refractivity contribution in [3.8, 4) is 5.75 Å². The van der Waals surface area contributed by atoms with Crippen molar-refractivity contribution in [3.63, 3.8) is 0 Å². The molecule has 108 valence electrons. The molecule has 0 fully saturated rings. The summed E-state index contributed by atoms with van der Waals surface area (Å²) in [5.41, 5.74) is 5.35. The van der Waals surface area contributed by atoms with Crippen LogP contribution in [-0.2, 0) is 14.8 Å². The van der Waals surface area contributed by atoms with E-state index in [1.165, 1.54) is 19.2 Å². The van der Waals surface area contributed by atoms with Crippen LogP contribution in [0.1, 0.15) is 6.42 Å². The number of nitrogens with one attached hydrogen (secondary N) is 1. The van der Waals surface area contributed by atoms with Crippen LogP contribution in [0.5, 0.6) is 5.75 Å². The smallest absolute Gasteiger partial charge is 0.240 e. The molecule has 0 radical (unpaired) electrons. The average Bonchev–Trinajstić information content (AvgIpc) is 2.40. The lowest BCUT2D eigenvalue weighted by Crippen LogP contribution is -2.27. The molecular formula is C12H20N2O4S. The Morgan fingerprint density at radius 2 is 1.89 bits per heavy atom. The highest BCUT2D eigenvalue weighted by molar-refractivity contribution is 7.89. The SMILES string of the molecule is COCCNS(=O)(=O)c1ccc(OCCCN)cc1. The third-order valence-electron chi connectivity index (χ3n) is 2.35. The molecule has 1 aromatic rings. The summed E-state index contributed by atoms with van der Waals surface area (Å²) in [4.78, 5) is 0.203. The fourth-order valence-electron chi connectivity index (χ4n) is 1.35. The van der Waals surface area contributed by atoms with Crippen LogP contribution in [0.2, 0.25) is 0 Å². The van der Waals surface area contributed by atoms with E-state index in [-0.39, 0.29) is 11.4 Å². The Hall–Kier alpha value is -1.15. The van der Waals surface area contributed by atoms with Gasteiger partial charge in [-0.15, -0.1) is 0 Å². The second-order valence-electron chi connectivity index (χ2n) is 3.85. The van der Waals surface area contributed by atoms with Gasteiger partial charge < -0.3 is 15.2 Å². The molecule has 7 heteroatoms. The maximum Gasteiger partial charge on any atom is 0.240 e. The van der Waals surface area contributed by atoms with Crippen LogP contribution in [0.25, 0.3) is 0 Å². The maximum atomic E-state index is 11.9. The van der Waals surface area contributed by atoms with Gasteiger partial charge in [0.25, 0.3) is 0 Å². The molecule has 0 aliphatic rings. The summed E-state index contributed by atoms with van der Waals surface area (Å²) in [5.74, 6) is 0.629. The summed E-state index contributed by atoms with van der Waals surface area (Å²) in [6.07, 6.45) is 0.763. The summed E-state index contributed by atoms with van der Waals surface area (Å²) >= 11 is 0. The minimum atomic E-state index is -3.48. The standard InChI is InChI=1S/C12H20N2O4S/c1-17-10-8-14-19(15,16)12-5-3-11(4-6-12)18-9-2-7-13/h3-6,14H,2,7-10,13H2,1H3. The van der Waals surface area contributed by atoms with Gasteiger partial charge in [0.15, 0.2) is 0 Å². The Morgan fingerprint density at radius 3 is 2.47 bits per heavy atom. The molecule has 0 amide bonds. The zero-order valence-electron chi connectivity index (χ0n) is 11.0. The van der Waals surface area contributed by atoms with Crippen LogP contribution >= 0.6 is 0 Å². The first-order chi connectivity index (χ1) is 9.10. The molecule has 1 aromatic carbocycles. The maximum absolute atomic E-state index is 11.9. The Labute approximate surface area is 113 Å². The van der Waals surface area contributed by atoms with E-state index in [4.69, 9.17) is 15.2 Å². The molecule has 0 atom stereocenters. The van der Waals surface area contributed by atoms with Gasteiger partial charge in [-0.25, -0.2) is 13.1 Å². The molecule has 0 spiro atoms. The number of rotatable bonds is 9. The third-order valence-corrected chi connectivity index (χ3v) is 3.83. The van der Waals surface area contributed by atoms with Crippen LogP contribution in [0.15, 0.2) is 29.2 Å². The summed E-state index contributed by atoms with van der Waals surface area (Å²) < 4.78 is 36.3. The molecule has 1 rings (SSSR count). The van der Waals surface area contributed by atoms with Crippen LogP contribution in [0.4, 0.5) is 0 Å². The number of ether oxygens (including phenoxy) is 2. The molecule has 6 nitrogen and oxygen atoms in total. The van der Waals surface area contributed by atoms with Crippen molar-refractivity contribution in [3.05, 3.63) is 24.3 Å². The van der Waals surface area contributed by atoms with Crippen molar-refractivity contribution >= 4 is 10.0 Å². The Balaban J connectivity index is 2.59. The predicted molar refractivity (Wildman–Crippen MR) is 72.7 cm³/mol. The molecule has 0 aliphatic heterocycles. The summed E-state index contributed by atoms with van der Waals surface area (Å²) in [5, 5.41) is 0. The lowest BCUT2D eigenvalue weighted by Gasteiger charge is -2.08. The van der Waals surface area contributed by atoms with Crippen LogP contribution in [0.3, 0.4) is 0 Å². The van der Waals surface area contributed by atoms with E-state index in [9.17, 15) is 8.42 Å². The fourth-order valence-corrected chi connectivity index (χ4v) is 2.36. The molecule has 0 saturated carbocycles. The number of hydrogen-bond acceptors (Lipinski definition) is 5. The molecular weight excluding hydrogens is 268 g/mol. The minimum Gasteiger partial charge on any atom is -0.494 e. The Morgan fingerprint density at radius 1 is 1.21 bits per heavy atom. The van der Waals surface area contributed by atoms with Gasteiger partial charge in [-0.05, 0) is 37.2 Å². The second-order valence-corrected chi connectivity index (χ2v) is 5.62.